The van der Waals surface area contributed by atoms with Crippen LogP contribution in [0.15, 0.2) is 0 Å². The van der Waals surface area contributed by atoms with Crippen LogP contribution >= 0.6 is 0 Å². The summed E-state index contributed by atoms with van der Waals surface area (Å²) in [5.74, 6) is -0.182. The maximum Gasteiger partial charge on any atom is 0.404 e. The van der Waals surface area contributed by atoms with Gasteiger partial charge in [0.05, 0.1) is 6.10 Å². The molecule has 0 aromatic carbocycles. The van der Waals surface area contributed by atoms with Crippen LogP contribution < -0.4 is 5.32 Å². The molecule has 0 aliphatic heterocycles. The normalized spacial score (nSPS) is 18.0. The molecule has 0 radical (unpaired) electrons. The van der Waals surface area contributed by atoms with E-state index in [1.54, 1.807) is 0 Å². The molecule has 8 heteroatoms. The lowest BCUT2D eigenvalue weighted by Crippen LogP contribution is -2.53. The summed E-state index contributed by atoms with van der Waals surface area (Å²) in [4.78, 5) is 10.7. The van der Waals surface area contributed by atoms with Gasteiger partial charge in [-0.05, 0) is 5.41 Å². The Morgan fingerprint density at radius 1 is 1.14 bits per heavy atom. The lowest BCUT2D eigenvalue weighted by atomic mass is 9.62. The predicted octanol–water partition coefficient (Wildman–Crippen LogP) is 0.926. The fourth-order valence-electron chi connectivity index (χ4n) is 3.43. The van der Waals surface area contributed by atoms with E-state index in [4.69, 9.17) is 14.0 Å². The summed E-state index contributed by atoms with van der Waals surface area (Å²) in [5, 5.41) is 21.6. The number of carbonyl (C=O) groups is 1. The summed E-state index contributed by atoms with van der Waals surface area (Å²) in [6.07, 6.45) is -2.28. The van der Waals surface area contributed by atoms with Gasteiger partial charge in [0.15, 0.2) is 19.5 Å². The van der Waals surface area contributed by atoms with Crippen molar-refractivity contribution in [3.8, 4) is 0 Å². The highest BCUT2D eigenvalue weighted by atomic mass is 28.2. The second-order valence-corrected chi connectivity index (χ2v) is 8.98. The minimum atomic E-state index is -1.13. The Labute approximate surface area is 138 Å². The Hall–Kier alpha value is -0.416. The van der Waals surface area contributed by atoms with Crippen molar-refractivity contribution < 1.29 is 23.9 Å². The third-order valence-electron chi connectivity index (χ3n) is 3.83. The standard InChI is InChI=1S/C14H33NO5Si2/c1-13(2,3)10(9(16)8-15-12(17)18)14(4,5)11(19-21-6)20-22-7/h9-11,15-16H,8,21-22H2,1-7H3,(H,17,18). The first kappa shape index (κ1) is 21.6. The summed E-state index contributed by atoms with van der Waals surface area (Å²) in [5.41, 5.74) is -0.650. The second kappa shape index (κ2) is 9.02. The van der Waals surface area contributed by atoms with Crippen molar-refractivity contribution in [3.05, 3.63) is 0 Å². The zero-order valence-electron chi connectivity index (χ0n) is 15.0. The van der Waals surface area contributed by atoms with Gasteiger partial charge in [-0.2, -0.15) is 0 Å². The van der Waals surface area contributed by atoms with Gasteiger partial charge >= 0.3 is 6.09 Å². The van der Waals surface area contributed by atoms with Crippen LogP contribution in [-0.4, -0.2) is 54.8 Å². The van der Waals surface area contributed by atoms with E-state index in [0.29, 0.717) is 0 Å². The molecule has 0 fully saturated rings. The fourth-order valence-corrected chi connectivity index (χ4v) is 5.28. The summed E-state index contributed by atoms with van der Waals surface area (Å²) < 4.78 is 11.8. The molecule has 0 saturated heterocycles. The summed E-state index contributed by atoms with van der Waals surface area (Å²) >= 11 is 0. The van der Waals surface area contributed by atoms with Crippen LogP contribution in [0.25, 0.3) is 0 Å². The number of rotatable bonds is 9. The highest BCUT2D eigenvalue weighted by Gasteiger charge is 2.47. The molecule has 1 amide bonds. The van der Waals surface area contributed by atoms with Crippen LogP contribution in [0.3, 0.4) is 0 Å². The topological polar surface area (TPSA) is 88.0 Å². The second-order valence-electron chi connectivity index (χ2n) is 7.16. The van der Waals surface area contributed by atoms with Crippen molar-refractivity contribution in [1.82, 2.24) is 5.32 Å². The number of hydrogen-bond acceptors (Lipinski definition) is 4. The number of nitrogens with one attached hydrogen (secondary N) is 1. The van der Waals surface area contributed by atoms with Gasteiger partial charge in [-0.1, -0.05) is 47.7 Å². The lowest BCUT2D eigenvalue weighted by molar-refractivity contribution is -0.152. The Morgan fingerprint density at radius 3 is 1.91 bits per heavy atom. The Balaban J connectivity index is 5.40. The Bertz CT molecular complexity index is 341. The van der Waals surface area contributed by atoms with E-state index < -0.39 is 37.1 Å². The minimum absolute atomic E-state index is 0.000523. The molecule has 0 aromatic rings. The van der Waals surface area contributed by atoms with Crippen molar-refractivity contribution in [1.29, 1.82) is 0 Å². The smallest absolute Gasteiger partial charge is 0.404 e. The first-order valence-corrected chi connectivity index (χ1v) is 11.8. The third kappa shape index (κ3) is 6.37. The zero-order valence-corrected chi connectivity index (χ0v) is 17.8. The van der Waals surface area contributed by atoms with Gasteiger partial charge in [0.25, 0.3) is 0 Å². The molecule has 0 spiro atoms. The minimum Gasteiger partial charge on any atom is -0.465 e. The lowest BCUT2D eigenvalue weighted by Gasteiger charge is -2.48. The molecule has 0 heterocycles. The average molecular weight is 352 g/mol. The molecule has 0 aromatic heterocycles. The quantitative estimate of drug-likeness (QED) is 0.425. The van der Waals surface area contributed by atoms with Crippen LogP contribution in [0.2, 0.25) is 13.1 Å². The Kier molecular flexibility index (Phi) is 8.85. The number of amides is 1. The van der Waals surface area contributed by atoms with E-state index in [1.807, 2.05) is 34.6 Å². The van der Waals surface area contributed by atoms with Crippen molar-refractivity contribution >= 4 is 25.6 Å². The van der Waals surface area contributed by atoms with Gasteiger partial charge in [-0.15, -0.1) is 0 Å². The van der Waals surface area contributed by atoms with E-state index >= 15 is 0 Å². The highest BCUT2D eigenvalue weighted by Crippen LogP contribution is 2.45. The van der Waals surface area contributed by atoms with Crippen molar-refractivity contribution in [2.75, 3.05) is 6.54 Å². The molecule has 0 rings (SSSR count). The molecule has 0 saturated carbocycles. The van der Waals surface area contributed by atoms with E-state index in [1.165, 1.54) is 0 Å². The molecule has 0 aliphatic rings. The number of aliphatic hydroxyl groups excluding tert-OH is 1. The Morgan fingerprint density at radius 2 is 1.59 bits per heavy atom. The molecule has 2 atom stereocenters. The van der Waals surface area contributed by atoms with Crippen molar-refractivity contribution in [3.63, 3.8) is 0 Å². The van der Waals surface area contributed by atoms with Gasteiger partial charge in [0.2, 0.25) is 0 Å². The van der Waals surface area contributed by atoms with Gasteiger partial charge in [0, 0.05) is 17.9 Å². The molecule has 22 heavy (non-hydrogen) atoms. The zero-order chi connectivity index (χ0) is 17.6. The van der Waals surface area contributed by atoms with Crippen LogP contribution in [0.5, 0.6) is 0 Å². The van der Waals surface area contributed by atoms with E-state index in [0.717, 1.165) is 0 Å². The van der Waals surface area contributed by atoms with E-state index in [9.17, 15) is 9.90 Å². The van der Waals surface area contributed by atoms with Crippen LogP contribution in [0.1, 0.15) is 34.6 Å². The maximum atomic E-state index is 10.7. The average Bonchev–Trinajstić information content (AvgIpc) is 2.34. The van der Waals surface area contributed by atoms with Crippen molar-refractivity contribution in [2.24, 2.45) is 16.7 Å². The van der Waals surface area contributed by atoms with Gasteiger partial charge in [-0.3, -0.25) is 0 Å². The number of hydrogen-bond donors (Lipinski definition) is 3. The third-order valence-corrected chi connectivity index (χ3v) is 5.10. The van der Waals surface area contributed by atoms with Crippen LogP contribution in [0, 0.1) is 16.7 Å². The highest BCUT2D eigenvalue weighted by molar-refractivity contribution is 6.26. The molecule has 0 bridgehead atoms. The summed E-state index contributed by atoms with van der Waals surface area (Å²) in [6, 6.07) is 0. The SMILES string of the molecule is C[SiH2]OC(O[SiH2]C)C(C)(C)C(C(O)CNC(=O)O)C(C)(C)C. The molecule has 0 aliphatic carbocycles. The maximum absolute atomic E-state index is 10.7. The summed E-state index contributed by atoms with van der Waals surface area (Å²) in [6.45, 7) is 14.3. The first-order chi connectivity index (χ1) is 9.98. The van der Waals surface area contributed by atoms with Gasteiger partial charge in [-0.25, -0.2) is 4.79 Å². The predicted molar refractivity (Wildman–Crippen MR) is 93.5 cm³/mol. The molecule has 6 nitrogen and oxygen atoms in total. The molecule has 3 N–H and O–H groups in total. The number of aliphatic hydroxyl groups is 1. The fraction of sp³-hybridized carbons (Fsp3) is 0.929. The van der Waals surface area contributed by atoms with Crippen LogP contribution in [0.4, 0.5) is 4.79 Å². The molecular weight excluding hydrogens is 318 g/mol. The first-order valence-electron chi connectivity index (χ1n) is 7.86. The van der Waals surface area contributed by atoms with Gasteiger partial charge < -0.3 is 24.4 Å². The van der Waals surface area contributed by atoms with Crippen LogP contribution in [-0.2, 0) is 8.85 Å². The van der Waals surface area contributed by atoms with E-state index in [-0.39, 0.29) is 24.2 Å². The monoisotopic (exact) mass is 351 g/mol. The molecule has 2 unspecified atom stereocenters. The summed E-state index contributed by atoms with van der Waals surface area (Å²) in [7, 11) is -1.30. The van der Waals surface area contributed by atoms with Gasteiger partial charge in [0.1, 0.15) is 6.29 Å². The molecule has 132 valence electrons. The largest absolute Gasteiger partial charge is 0.465 e. The van der Waals surface area contributed by atoms with Crippen molar-refractivity contribution in [2.45, 2.75) is 60.1 Å². The van der Waals surface area contributed by atoms with E-state index in [2.05, 4.69) is 18.4 Å². The number of carboxylic acid groups (broad SMARTS) is 1. The molecular formula is C14H33NO5Si2.